The van der Waals surface area contributed by atoms with Gasteiger partial charge >= 0.3 is 12.2 Å². The van der Waals surface area contributed by atoms with E-state index in [1.807, 2.05) is 0 Å². The van der Waals surface area contributed by atoms with Crippen LogP contribution < -0.4 is 9.47 Å². The molecule has 24 heteroatoms. The fraction of sp³-hybridized carbons (Fsp3) is 0.395. The maximum Gasteiger partial charge on any atom is 0.432 e. The highest BCUT2D eigenvalue weighted by Gasteiger charge is 2.43. The minimum Gasteiger partial charge on any atom is -0.494 e. The number of alkyl halides is 4. The van der Waals surface area contributed by atoms with Gasteiger partial charge in [0.2, 0.25) is 9.05 Å². The molecule has 1 N–H and O–H groups in total. The van der Waals surface area contributed by atoms with Crippen molar-refractivity contribution in [3.8, 4) is 11.5 Å². The Kier molecular flexibility index (Phi) is 20.6. The van der Waals surface area contributed by atoms with E-state index in [-0.39, 0.29) is 35.4 Å². The maximum absolute atomic E-state index is 14.3. The first-order valence-electron chi connectivity index (χ1n) is 19.8. The lowest BCUT2D eigenvalue weighted by Crippen LogP contribution is -2.26. The van der Waals surface area contributed by atoms with Crippen LogP contribution in [0.5, 0.6) is 11.5 Å². The Hall–Kier alpha value is -4.84. The van der Waals surface area contributed by atoms with Crippen molar-refractivity contribution in [1.29, 1.82) is 0 Å². The molecule has 67 heavy (non-hydrogen) atoms. The summed E-state index contributed by atoms with van der Waals surface area (Å²) in [5.41, 5.74) is -3.64. The van der Waals surface area contributed by atoms with Crippen molar-refractivity contribution in [3.05, 3.63) is 141 Å². The van der Waals surface area contributed by atoms with E-state index in [9.17, 15) is 75.0 Å². The second-order valence-corrected chi connectivity index (χ2v) is 17.3. The smallest absolute Gasteiger partial charge is 0.432 e. The van der Waals surface area contributed by atoms with Crippen molar-refractivity contribution in [2.75, 3.05) is 25.9 Å². The first-order chi connectivity index (χ1) is 31.1. The van der Waals surface area contributed by atoms with Gasteiger partial charge in [-0.1, -0.05) is 20.8 Å². The van der Waals surface area contributed by atoms with Crippen LogP contribution in [0.4, 0.5) is 61.5 Å². The van der Waals surface area contributed by atoms with Gasteiger partial charge in [-0.25, -0.2) is 52.3 Å². The molecule has 4 aromatic rings. The second kappa shape index (κ2) is 24.4. The Morgan fingerprint density at radius 2 is 0.985 bits per heavy atom. The van der Waals surface area contributed by atoms with E-state index in [1.165, 1.54) is 25.9 Å². The molecule has 0 aromatic heterocycles. The van der Waals surface area contributed by atoms with Crippen LogP contribution in [0.25, 0.3) is 0 Å². The van der Waals surface area contributed by atoms with Crippen molar-refractivity contribution in [1.82, 2.24) is 4.90 Å². The summed E-state index contributed by atoms with van der Waals surface area (Å²) in [4.78, 5) is 2.38. The Balaban J connectivity index is 0.000000286. The number of aliphatic hydroxyl groups excluding tert-OH is 1. The lowest BCUT2D eigenvalue weighted by Gasteiger charge is -2.27. The maximum atomic E-state index is 14.3. The number of hydrogen-bond acceptors (Lipinski definition) is 8. The summed E-state index contributed by atoms with van der Waals surface area (Å²) in [6.07, 6.45) is -5.93. The van der Waals surface area contributed by atoms with Crippen molar-refractivity contribution in [2.45, 2.75) is 83.6 Å². The van der Waals surface area contributed by atoms with E-state index < -0.39 is 121 Å². The van der Waals surface area contributed by atoms with Crippen molar-refractivity contribution < 1.29 is 93.9 Å². The van der Waals surface area contributed by atoms with Crippen LogP contribution in [0.3, 0.4) is 0 Å². The van der Waals surface area contributed by atoms with Gasteiger partial charge in [0.1, 0.15) is 52.0 Å². The largest absolute Gasteiger partial charge is 0.494 e. The van der Waals surface area contributed by atoms with E-state index in [0.717, 1.165) is 6.26 Å². The Labute approximate surface area is 380 Å². The molecule has 0 spiro atoms. The summed E-state index contributed by atoms with van der Waals surface area (Å²) >= 11 is 0. The number of benzene rings is 4. The molecule has 4 aromatic carbocycles. The third-order valence-corrected chi connectivity index (χ3v) is 9.38. The van der Waals surface area contributed by atoms with E-state index in [0.29, 0.717) is 56.4 Å². The number of rotatable bonds is 11. The van der Waals surface area contributed by atoms with Gasteiger partial charge in [-0.05, 0) is 93.2 Å². The summed E-state index contributed by atoms with van der Waals surface area (Å²) in [6.45, 7) is 10.1. The average Bonchev–Trinajstić information content (AvgIpc) is 3.21. The molecule has 1 saturated heterocycles. The van der Waals surface area contributed by atoms with Crippen LogP contribution in [0.1, 0.15) is 87.3 Å². The molecule has 0 amide bonds. The standard InChI is InChI=1S/C18H13F7O3.C18H11F7O2.C6H15N.CH3ClO2S/c19-10-4-8(14-2-1-3-15(26)27-14)5-11(20)16(10)18(24,25)28-9-6-12(21)17(23)13(22)7-9;19-11-5-9(15-3-1-2-4-26-15)6-12(20)16(11)18(24,25)27-10-7-13(21)17(23)14(22)8-10;1-4-7(5-2)6-3;1-5(2,3)4/h4-7,14-15,26H,1-3H2;2,4-8,15H,1,3H2;4-6H2,1-3H3;1H3. The molecular formula is C43H42ClF14NO7S. The number of ether oxygens (including phenoxy) is 4. The van der Waals surface area contributed by atoms with Crippen LogP contribution in [-0.4, -0.2) is 50.6 Å². The molecule has 0 bridgehead atoms. The Bertz CT molecular complexity index is 2340. The molecule has 1 fully saturated rings. The van der Waals surface area contributed by atoms with Crippen LogP contribution in [-0.2, 0) is 30.7 Å². The minimum absolute atomic E-state index is 0.00720. The zero-order chi connectivity index (χ0) is 50.6. The Morgan fingerprint density at radius 3 is 1.28 bits per heavy atom. The van der Waals surface area contributed by atoms with Gasteiger partial charge in [0, 0.05) is 34.9 Å². The molecule has 6 rings (SSSR count). The molecule has 2 aliphatic heterocycles. The van der Waals surface area contributed by atoms with Crippen LogP contribution in [0.15, 0.2) is 60.9 Å². The van der Waals surface area contributed by atoms with E-state index in [4.69, 9.17) is 9.47 Å². The van der Waals surface area contributed by atoms with E-state index in [1.54, 1.807) is 6.08 Å². The third kappa shape index (κ3) is 16.7. The van der Waals surface area contributed by atoms with Gasteiger partial charge in [0.25, 0.3) is 0 Å². The zero-order valence-corrected chi connectivity index (χ0v) is 37.2. The lowest BCUT2D eigenvalue weighted by molar-refractivity contribution is -0.190. The van der Waals surface area contributed by atoms with Gasteiger partial charge in [0.05, 0.1) is 18.6 Å². The van der Waals surface area contributed by atoms with Crippen LogP contribution >= 0.6 is 10.7 Å². The summed E-state index contributed by atoms with van der Waals surface area (Å²) in [6, 6.07) is 3.06. The van der Waals surface area contributed by atoms with E-state index >= 15 is 0 Å². The second-order valence-electron chi connectivity index (χ2n) is 14.2. The number of hydrogen-bond donors (Lipinski definition) is 1. The van der Waals surface area contributed by atoms with Crippen LogP contribution in [0.2, 0.25) is 0 Å². The highest BCUT2D eigenvalue weighted by Crippen LogP contribution is 2.40. The quantitative estimate of drug-likeness (QED) is 0.0902. The van der Waals surface area contributed by atoms with Gasteiger partial charge in [0.15, 0.2) is 41.2 Å². The van der Waals surface area contributed by atoms with Gasteiger partial charge in [-0.3, -0.25) is 0 Å². The highest BCUT2D eigenvalue weighted by atomic mass is 35.7. The number of nitrogens with zero attached hydrogens (tertiary/aromatic N) is 1. The normalized spacial score (nSPS) is 17.2. The van der Waals surface area contributed by atoms with Crippen molar-refractivity contribution in [3.63, 3.8) is 0 Å². The molecule has 0 saturated carbocycles. The fourth-order valence-electron chi connectivity index (χ4n) is 6.19. The molecule has 8 nitrogen and oxygen atoms in total. The summed E-state index contributed by atoms with van der Waals surface area (Å²) in [7, 11) is 1.31. The lowest BCUT2D eigenvalue weighted by atomic mass is 9.98. The molecule has 3 atom stereocenters. The SMILES string of the molecule is CCN(CC)CC.CS(=O)(=O)Cl.Fc1cc(OC(F)(F)c2c(F)cc(C3CCC=CO3)cc2F)cc(F)c1F.OC1CCCC(c2cc(F)c(C(F)(F)Oc3cc(F)c(F)c(F)c3)c(F)c2)O1. The first-order valence-corrected chi connectivity index (χ1v) is 22.5. The predicted molar refractivity (Wildman–Crippen MR) is 214 cm³/mol. The summed E-state index contributed by atoms with van der Waals surface area (Å²) < 4.78 is 229. The molecule has 3 unspecified atom stereocenters. The monoisotopic (exact) mass is 1020 g/mol. The zero-order valence-electron chi connectivity index (χ0n) is 35.6. The predicted octanol–water partition coefficient (Wildman–Crippen LogP) is 12.5. The summed E-state index contributed by atoms with van der Waals surface area (Å²) in [5.74, 6) is -19.9. The van der Waals surface area contributed by atoms with Gasteiger partial charge in [-0.15, -0.1) is 0 Å². The third-order valence-electron chi connectivity index (χ3n) is 9.38. The fourth-order valence-corrected chi connectivity index (χ4v) is 6.19. The highest BCUT2D eigenvalue weighted by molar-refractivity contribution is 8.13. The molecule has 0 radical (unpaired) electrons. The number of aliphatic hydroxyl groups is 1. The van der Waals surface area contributed by atoms with Crippen molar-refractivity contribution >= 4 is 19.7 Å². The molecule has 2 heterocycles. The van der Waals surface area contributed by atoms with Gasteiger partial charge in [-0.2, -0.15) is 17.6 Å². The minimum atomic E-state index is -4.66. The van der Waals surface area contributed by atoms with E-state index in [2.05, 4.69) is 45.8 Å². The molecular weight excluding hydrogens is 976 g/mol. The molecule has 2 aliphatic rings. The topological polar surface area (TPSA) is 94.5 Å². The molecule has 0 aliphatic carbocycles. The average molecular weight is 1020 g/mol. The van der Waals surface area contributed by atoms with Gasteiger partial charge < -0.3 is 29.0 Å². The molecule has 372 valence electrons. The number of halogens is 15. The first kappa shape index (κ1) is 56.5. The van der Waals surface area contributed by atoms with Crippen molar-refractivity contribution in [2.24, 2.45) is 0 Å². The van der Waals surface area contributed by atoms with Crippen LogP contribution in [0, 0.1) is 58.2 Å². The Morgan fingerprint density at radius 1 is 0.627 bits per heavy atom. The summed E-state index contributed by atoms with van der Waals surface area (Å²) in [5, 5.41) is 9.45. The number of allylic oxidation sites excluding steroid dienone is 1.